The van der Waals surface area contributed by atoms with Crippen LogP contribution in [0.15, 0.2) is 48.5 Å². The average molecular weight is 488 g/mol. The number of halogens is 2. The molecule has 0 radical (unpaired) electrons. The van der Waals surface area contributed by atoms with Crippen molar-refractivity contribution >= 4 is 0 Å². The molecule has 1 heterocycles. The molecule has 0 saturated heterocycles. The van der Waals surface area contributed by atoms with Crippen molar-refractivity contribution in [2.45, 2.75) is 52.4 Å². The van der Waals surface area contributed by atoms with Crippen LogP contribution in [-0.2, 0) is 18.3 Å². The molecule has 0 fully saturated rings. The highest BCUT2D eigenvalue weighted by Crippen LogP contribution is 2.35. The van der Waals surface area contributed by atoms with Crippen LogP contribution < -0.4 is 4.74 Å². The van der Waals surface area contributed by atoms with Crippen molar-refractivity contribution in [2.24, 2.45) is 7.05 Å². The van der Waals surface area contributed by atoms with E-state index in [1.807, 2.05) is 51.1 Å². The molecular weight excluding hydrogens is 452 g/mol. The van der Waals surface area contributed by atoms with E-state index in [4.69, 9.17) is 9.47 Å². The van der Waals surface area contributed by atoms with Gasteiger partial charge in [-0.1, -0.05) is 37.3 Å². The van der Waals surface area contributed by atoms with Crippen LogP contribution in [0.1, 0.15) is 39.7 Å². The molecule has 1 N–H and O–H groups in total. The van der Waals surface area contributed by atoms with Gasteiger partial charge in [-0.3, -0.25) is 4.90 Å². The van der Waals surface area contributed by atoms with Gasteiger partial charge >= 0.3 is 0 Å². The van der Waals surface area contributed by atoms with E-state index in [2.05, 4.69) is 16.9 Å². The fourth-order valence-electron chi connectivity index (χ4n) is 3.78. The summed E-state index contributed by atoms with van der Waals surface area (Å²) in [6.07, 6.45) is 0.188. The van der Waals surface area contributed by atoms with Gasteiger partial charge in [0, 0.05) is 31.8 Å². The van der Waals surface area contributed by atoms with Crippen LogP contribution in [-0.4, -0.2) is 51.2 Å². The van der Waals surface area contributed by atoms with Crippen molar-refractivity contribution < 1.29 is 23.4 Å². The molecule has 35 heavy (non-hydrogen) atoms. The zero-order chi connectivity index (χ0) is 25.6. The monoisotopic (exact) mass is 487 g/mol. The highest BCUT2D eigenvalue weighted by molar-refractivity contribution is 5.65. The molecule has 6 nitrogen and oxygen atoms in total. The molecule has 0 aliphatic rings. The first kappa shape index (κ1) is 26.8. The molecule has 3 rings (SSSR count). The van der Waals surface area contributed by atoms with E-state index >= 15 is 0 Å². The maximum atomic E-state index is 14.4. The Balaban J connectivity index is 1.94. The Morgan fingerprint density at radius 1 is 1.11 bits per heavy atom. The molecule has 190 valence electrons. The second-order valence-corrected chi connectivity index (χ2v) is 9.61. The zero-order valence-corrected chi connectivity index (χ0v) is 21.1. The smallest absolute Gasteiger partial charge is 0.222 e. The summed E-state index contributed by atoms with van der Waals surface area (Å²) >= 11 is 0. The Hall–Kier alpha value is -2.81. The third-order valence-electron chi connectivity index (χ3n) is 5.33. The lowest BCUT2D eigenvalue weighted by Gasteiger charge is -2.27. The molecule has 0 aliphatic heterocycles. The van der Waals surface area contributed by atoms with Gasteiger partial charge in [0.2, 0.25) is 5.88 Å². The standard InChI is InChI=1S/C27H35F2N3O3/c1-6-14-32(16-21(33)18-34-27(2,3)4)17-22-25(19-10-8-7-9-11-19)30-31(5)26(22)35-24-13-12-20(28)15-23(24)29/h7-13,15,21,33H,6,14,16-18H2,1-5H3/t21-/m0/s1. The van der Waals surface area contributed by atoms with Crippen molar-refractivity contribution in [2.75, 3.05) is 19.7 Å². The normalized spacial score (nSPS) is 12.8. The number of rotatable bonds is 11. The van der Waals surface area contributed by atoms with Crippen LogP contribution in [0.3, 0.4) is 0 Å². The average Bonchev–Trinajstić information content (AvgIpc) is 3.09. The number of hydrogen-bond acceptors (Lipinski definition) is 5. The lowest BCUT2D eigenvalue weighted by atomic mass is 10.1. The highest BCUT2D eigenvalue weighted by Gasteiger charge is 2.24. The van der Waals surface area contributed by atoms with Crippen molar-refractivity contribution in [1.29, 1.82) is 0 Å². The maximum Gasteiger partial charge on any atom is 0.222 e. The third-order valence-corrected chi connectivity index (χ3v) is 5.33. The molecule has 2 aromatic carbocycles. The third kappa shape index (κ3) is 7.59. The van der Waals surface area contributed by atoms with E-state index in [0.29, 0.717) is 24.7 Å². The molecule has 0 spiro atoms. The predicted octanol–water partition coefficient (Wildman–Crippen LogP) is 5.55. The van der Waals surface area contributed by atoms with Crippen LogP contribution in [0.2, 0.25) is 0 Å². The molecular formula is C27H35F2N3O3. The van der Waals surface area contributed by atoms with E-state index in [0.717, 1.165) is 36.2 Å². The second-order valence-electron chi connectivity index (χ2n) is 9.61. The van der Waals surface area contributed by atoms with Crippen LogP contribution in [0.4, 0.5) is 8.78 Å². The molecule has 0 unspecified atom stereocenters. The zero-order valence-electron chi connectivity index (χ0n) is 21.1. The van der Waals surface area contributed by atoms with Gasteiger partial charge in [-0.25, -0.2) is 13.5 Å². The molecule has 1 aromatic heterocycles. The van der Waals surface area contributed by atoms with Gasteiger partial charge in [0.05, 0.1) is 23.9 Å². The summed E-state index contributed by atoms with van der Waals surface area (Å²) in [6.45, 7) is 9.65. The first-order valence-corrected chi connectivity index (χ1v) is 11.9. The minimum atomic E-state index is -0.793. The molecule has 3 aromatic rings. The first-order chi connectivity index (χ1) is 16.6. The first-order valence-electron chi connectivity index (χ1n) is 11.9. The molecule has 0 amide bonds. The van der Waals surface area contributed by atoms with Gasteiger partial charge in [0.15, 0.2) is 11.6 Å². The maximum absolute atomic E-state index is 14.4. The van der Waals surface area contributed by atoms with Gasteiger partial charge in [-0.05, 0) is 45.9 Å². The van der Waals surface area contributed by atoms with Crippen LogP contribution in [0.25, 0.3) is 11.3 Å². The summed E-state index contributed by atoms with van der Waals surface area (Å²) in [5.41, 5.74) is 1.99. The number of aliphatic hydroxyl groups excluding tert-OH is 1. The number of hydrogen-bond donors (Lipinski definition) is 1. The summed E-state index contributed by atoms with van der Waals surface area (Å²) in [5.74, 6) is -1.20. The Morgan fingerprint density at radius 3 is 2.46 bits per heavy atom. The van der Waals surface area contributed by atoms with Crippen molar-refractivity contribution in [3.63, 3.8) is 0 Å². The Morgan fingerprint density at radius 2 is 1.83 bits per heavy atom. The summed E-state index contributed by atoms with van der Waals surface area (Å²) in [7, 11) is 1.73. The number of ether oxygens (including phenoxy) is 2. The fraction of sp³-hybridized carbons (Fsp3) is 0.444. The molecule has 0 bridgehead atoms. The number of aromatic nitrogens is 2. The minimum Gasteiger partial charge on any atom is -0.436 e. The van der Waals surface area contributed by atoms with Gasteiger partial charge in [0.25, 0.3) is 0 Å². The summed E-state index contributed by atoms with van der Waals surface area (Å²) in [5, 5.41) is 15.3. The van der Waals surface area contributed by atoms with Gasteiger partial charge in [0.1, 0.15) is 11.5 Å². The summed E-state index contributed by atoms with van der Waals surface area (Å²) in [4.78, 5) is 2.11. The minimum absolute atomic E-state index is 0.0871. The topological polar surface area (TPSA) is 59.8 Å². The Kier molecular flexibility index (Phi) is 8.99. The van der Waals surface area contributed by atoms with Crippen molar-refractivity contribution in [1.82, 2.24) is 14.7 Å². The van der Waals surface area contributed by atoms with Gasteiger partial charge in [-0.15, -0.1) is 0 Å². The molecule has 8 heteroatoms. The quantitative estimate of drug-likeness (QED) is 0.385. The van der Waals surface area contributed by atoms with E-state index in [9.17, 15) is 13.9 Å². The van der Waals surface area contributed by atoms with E-state index < -0.39 is 17.7 Å². The Labute approximate surface area is 206 Å². The van der Waals surface area contributed by atoms with E-state index in [1.54, 1.807) is 11.7 Å². The second kappa shape index (κ2) is 11.7. The molecule has 1 atom stereocenters. The van der Waals surface area contributed by atoms with Crippen molar-refractivity contribution in [3.05, 3.63) is 65.7 Å². The van der Waals surface area contributed by atoms with E-state index in [-0.39, 0.29) is 18.0 Å². The van der Waals surface area contributed by atoms with Crippen LogP contribution in [0, 0.1) is 11.6 Å². The van der Waals surface area contributed by atoms with Crippen LogP contribution in [0.5, 0.6) is 11.6 Å². The number of benzene rings is 2. The molecule has 0 aliphatic carbocycles. The van der Waals surface area contributed by atoms with Crippen molar-refractivity contribution in [3.8, 4) is 22.9 Å². The fourth-order valence-corrected chi connectivity index (χ4v) is 3.78. The Bertz CT molecular complexity index is 1100. The van der Waals surface area contributed by atoms with E-state index in [1.165, 1.54) is 6.07 Å². The highest BCUT2D eigenvalue weighted by atomic mass is 19.1. The lowest BCUT2D eigenvalue weighted by molar-refractivity contribution is -0.0566. The SMILES string of the molecule is CCCN(Cc1c(-c2ccccc2)nn(C)c1Oc1ccc(F)cc1F)C[C@H](O)COC(C)(C)C. The largest absolute Gasteiger partial charge is 0.436 e. The van der Waals surface area contributed by atoms with Gasteiger partial charge < -0.3 is 14.6 Å². The number of nitrogens with zero attached hydrogens (tertiary/aromatic N) is 3. The summed E-state index contributed by atoms with van der Waals surface area (Å²) in [6, 6.07) is 12.9. The molecule has 0 saturated carbocycles. The lowest BCUT2D eigenvalue weighted by Crippen LogP contribution is -2.37. The van der Waals surface area contributed by atoms with Crippen LogP contribution >= 0.6 is 0 Å². The van der Waals surface area contributed by atoms with Gasteiger partial charge in [-0.2, -0.15) is 5.10 Å². The number of aryl methyl sites for hydroxylation is 1. The number of aliphatic hydroxyl groups is 1. The summed E-state index contributed by atoms with van der Waals surface area (Å²) < 4.78 is 41.1. The predicted molar refractivity (Wildman–Crippen MR) is 132 cm³/mol.